The van der Waals surface area contributed by atoms with E-state index in [4.69, 9.17) is 9.47 Å². The topological polar surface area (TPSA) is 77.0 Å². The van der Waals surface area contributed by atoms with Gasteiger partial charge in [0.25, 0.3) is 10.0 Å². The zero-order valence-corrected chi connectivity index (χ0v) is 17.4. The van der Waals surface area contributed by atoms with E-state index in [1.54, 1.807) is 12.1 Å². The predicted octanol–water partition coefficient (Wildman–Crippen LogP) is 3.67. The summed E-state index contributed by atoms with van der Waals surface area (Å²) >= 11 is 0. The van der Waals surface area contributed by atoms with Crippen LogP contribution in [0.4, 0.5) is 13.2 Å². The average molecular weight is 442 g/mol. The first-order valence-electron chi connectivity index (χ1n) is 9.01. The number of sulfonamides is 1. The lowest BCUT2D eigenvalue weighted by molar-refractivity contribution is -0.281. The van der Waals surface area contributed by atoms with E-state index in [0.717, 1.165) is 18.7 Å². The molecule has 0 saturated heterocycles. The number of ether oxygens (including phenoxy) is 2. The Morgan fingerprint density at radius 1 is 1.23 bits per heavy atom. The number of halogens is 3. The first-order chi connectivity index (χ1) is 14.0. The molecule has 30 heavy (non-hydrogen) atoms. The van der Waals surface area contributed by atoms with Crippen molar-refractivity contribution < 1.29 is 31.1 Å². The molecule has 0 spiro atoms. The normalized spacial score (nSPS) is 19.5. The van der Waals surface area contributed by atoms with Gasteiger partial charge in [0, 0.05) is 5.56 Å². The van der Waals surface area contributed by atoms with Gasteiger partial charge in [-0.1, -0.05) is 17.7 Å². The highest BCUT2D eigenvalue weighted by molar-refractivity contribution is 7.89. The molecular formula is C20H21F3N2O4S. The van der Waals surface area contributed by atoms with E-state index in [2.05, 4.69) is 9.93 Å². The van der Waals surface area contributed by atoms with E-state index < -0.39 is 21.8 Å². The first-order valence-corrected chi connectivity index (χ1v) is 10.5. The molecule has 0 aliphatic carbocycles. The lowest BCUT2D eigenvalue weighted by Gasteiger charge is -2.37. The van der Waals surface area contributed by atoms with E-state index in [9.17, 15) is 21.6 Å². The van der Waals surface area contributed by atoms with Gasteiger partial charge >= 0.3 is 6.18 Å². The summed E-state index contributed by atoms with van der Waals surface area (Å²) in [5.41, 5.74) is -0.994. The van der Waals surface area contributed by atoms with Crippen LogP contribution in [0.15, 0.2) is 46.4 Å². The molecule has 162 valence electrons. The van der Waals surface area contributed by atoms with Crippen molar-refractivity contribution in [3.63, 3.8) is 0 Å². The molecule has 1 atom stereocenters. The number of nitrogens with zero attached hydrogens (tertiary/aromatic N) is 1. The van der Waals surface area contributed by atoms with Crippen molar-refractivity contribution in [2.45, 2.75) is 36.9 Å². The maximum atomic E-state index is 13.7. The maximum Gasteiger partial charge on any atom is 0.421 e. The molecule has 2 aromatic rings. The summed E-state index contributed by atoms with van der Waals surface area (Å²) < 4.78 is 76.0. The minimum absolute atomic E-state index is 0.0145. The molecule has 1 heterocycles. The van der Waals surface area contributed by atoms with Crippen LogP contribution in [0.5, 0.6) is 5.75 Å². The van der Waals surface area contributed by atoms with Gasteiger partial charge in [-0.3, -0.25) is 0 Å². The SMILES string of the molecule is COc1cc2c(cc1/C=N/NS(=O)(=O)c1ccc(C)cc1)C(C)(C(F)(F)F)OCC2. The third-order valence-corrected chi connectivity index (χ3v) is 6.22. The smallest absolute Gasteiger partial charge is 0.421 e. The molecule has 0 bridgehead atoms. The van der Waals surface area contributed by atoms with Crippen LogP contribution in [0, 0.1) is 6.92 Å². The number of alkyl halides is 3. The number of fused-ring (bicyclic) bond motifs is 1. The molecule has 2 aromatic carbocycles. The fraction of sp³-hybridized carbons (Fsp3) is 0.350. The minimum Gasteiger partial charge on any atom is -0.496 e. The summed E-state index contributed by atoms with van der Waals surface area (Å²) in [4.78, 5) is 2.07. The van der Waals surface area contributed by atoms with Crippen LogP contribution in [-0.4, -0.2) is 34.5 Å². The van der Waals surface area contributed by atoms with Gasteiger partial charge in [0.05, 0.1) is 24.8 Å². The number of hydrogen-bond acceptors (Lipinski definition) is 5. The Morgan fingerprint density at radius 3 is 2.50 bits per heavy atom. The van der Waals surface area contributed by atoms with Crippen molar-refractivity contribution in [1.82, 2.24) is 4.83 Å². The zero-order valence-electron chi connectivity index (χ0n) is 16.6. The third-order valence-electron chi connectivity index (χ3n) is 4.98. The number of benzene rings is 2. The zero-order chi connectivity index (χ0) is 22.2. The Labute approximate surface area is 172 Å². The first kappa shape index (κ1) is 22.1. The van der Waals surface area contributed by atoms with Crippen molar-refractivity contribution in [3.05, 3.63) is 58.7 Å². The van der Waals surface area contributed by atoms with Crippen LogP contribution in [0.3, 0.4) is 0 Å². The Kier molecular flexibility index (Phi) is 5.83. The molecule has 0 aromatic heterocycles. The number of hydrazone groups is 1. The fourth-order valence-electron chi connectivity index (χ4n) is 3.18. The van der Waals surface area contributed by atoms with E-state index in [0.29, 0.717) is 12.0 Å². The average Bonchev–Trinajstić information content (AvgIpc) is 2.67. The van der Waals surface area contributed by atoms with Gasteiger partial charge in [-0.25, -0.2) is 4.83 Å². The molecule has 0 saturated carbocycles. The maximum absolute atomic E-state index is 13.7. The third kappa shape index (κ3) is 4.15. The van der Waals surface area contributed by atoms with Gasteiger partial charge in [0.1, 0.15) is 5.75 Å². The van der Waals surface area contributed by atoms with Crippen LogP contribution in [0.1, 0.15) is 29.2 Å². The van der Waals surface area contributed by atoms with Gasteiger partial charge in [-0.05, 0) is 55.7 Å². The second kappa shape index (κ2) is 7.92. The number of methoxy groups -OCH3 is 1. The lowest BCUT2D eigenvalue weighted by Crippen LogP contribution is -2.45. The number of nitrogens with one attached hydrogen (secondary N) is 1. The summed E-state index contributed by atoms with van der Waals surface area (Å²) in [5.74, 6) is 0.276. The minimum atomic E-state index is -4.63. The summed E-state index contributed by atoms with van der Waals surface area (Å²) in [7, 11) is -2.55. The number of hydrogen-bond donors (Lipinski definition) is 1. The molecule has 0 amide bonds. The van der Waals surface area contributed by atoms with Crippen LogP contribution in [0.25, 0.3) is 0 Å². The van der Waals surface area contributed by atoms with E-state index in [1.807, 2.05) is 6.92 Å². The summed E-state index contributed by atoms with van der Waals surface area (Å²) in [6, 6.07) is 8.91. The van der Waals surface area contributed by atoms with Gasteiger partial charge in [0.15, 0.2) is 5.60 Å². The summed E-state index contributed by atoms with van der Waals surface area (Å²) in [6.07, 6.45) is -3.22. The van der Waals surface area contributed by atoms with Crippen LogP contribution in [-0.2, 0) is 26.8 Å². The quantitative estimate of drug-likeness (QED) is 0.566. The highest BCUT2D eigenvalue weighted by Crippen LogP contribution is 2.46. The Balaban J connectivity index is 1.94. The second-order valence-corrected chi connectivity index (χ2v) is 8.71. The number of rotatable bonds is 5. The van der Waals surface area contributed by atoms with Gasteiger partial charge in [0.2, 0.25) is 0 Å². The molecular weight excluding hydrogens is 421 g/mol. The van der Waals surface area contributed by atoms with Crippen molar-refractivity contribution in [3.8, 4) is 5.75 Å². The molecule has 10 heteroatoms. The van der Waals surface area contributed by atoms with E-state index >= 15 is 0 Å². The molecule has 1 unspecified atom stereocenters. The summed E-state index contributed by atoms with van der Waals surface area (Å²) in [6.45, 7) is 2.72. The Bertz CT molecular complexity index is 1070. The molecule has 0 fully saturated rings. The van der Waals surface area contributed by atoms with E-state index in [-0.39, 0.29) is 28.4 Å². The van der Waals surface area contributed by atoms with Gasteiger partial charge in [-0.15, -0.1) is 0 Å². The van der Waals surface area contributed by atoms with Crippen LogP contribution in [0.2, 0.25) is 0 Å². The molecule has 0 radical (unpaired) electrons. The fourth-order valence-corrected chi connectivity index (χ4v) is 3.97. The van der Waals surface area contributed by atoms with E-state index in [1.165, 1.54) is 31.4 Å². The highest BCUT2D eigenvalue weighted by atomic mass is 32.2. The Hall–Kier alpha value is -2.59. The molecule has 1 N–H and O–H groups in total. The van der Waals surface area contributed by atoms with Crippen molar-refractivity contribution in [2.75, 3.05) is 13.7 Å². The predicted molar refractivity (Wildman–Crippen MR) is 105 cm³/mol. The summed E-state index contributed by atoms with van der Waals surface area (Å²) in [5, 5.41) is 3.71. The van der Waals surface area contributed by atoms with Crippen LogP contribution < -0.4 is 9.57 Å². The van der Waals surface area contributed by atoms with Crippen molar-refractivity contribution >= 4 is 16.2 Å². The highest BCUT2D eigenvalue weighted by Gasteiger charge is 2.55. The van der Waals surface area contributed by atoms with Crippen LogP contribution >= 0.6 is 0 Å². The van der Waals surface area contributed by atoms with Gasteiger partial charge in [-0.2, -0.15) is 26.7 Å². The number of aryl methyl sites for hydroxylation is 1. The van der Waals surface area contributed by atoms with Crippen molar-refractivity contribution in [2.24, 2.45) is 5.10 Å². The second-order valence-electron chi connectivity index (χ2n) is 7.05. The molecule has 1 aliphatic heterocycles. The van der Waals surface area contributed by atoms with Crippen molar-refractivity contribution in [1.29, 1.82) is 0 Å². The van der Waals surface area contributed by atoms with Gasteiger partial charge < -0.3 is 9.47 Å². The Morgan fingerprint density at radius 2 is 1.90 bits per heavy atom. The molecule has 6 nitrogen and oxygen atoms in total. The lowest BCUT2D eigenvalue weighted by atomic mass is 9.85. The molecule has 3 rings (SSSR count). The molecule has 1 aliphatic rings. The standard InChI is InChI=1S/C20H21F3N2O4S/c1-13-4-6-16(7-5-13)30(26,27)25-24-12-15-10-17-14(11-18(15)28-3)8-9-29-19(17,2)20(21,22)23/h4-7,10-12,25H,8-9H2,1-3H3/b24-12+. The largest absolute Gasteiger partial charge is 0.496 e. The monoisotopic (exact) mass is 442 g/mol.